The second-order valence-electron chi connectivity index (χ2n) is 8.06. The Kier molecular flexibility index (Phi) is 6.48. The van der Waals surface area contributed by atoms with Crippen molar-refractivity contribution < 1.29 is 19.1 Å². The molecule has 2 amide bonds. The van der Waals surface area contributed by atoms with Crippen LogP contribution >= 0.6 is 11.3 Å². The highest BCUT2D eigenvalue weighted by molar-refractivity contribution is 7.17. The molecule has 1 unspecified atom stereocenters. The SMILES string of the molecule is COc1ccc(OC)c(C2CCCN2CC(=O)Nc2sc3c(c2C(N)=O)CCCC3)c1. The second-order valence-corrected chi connectivity index (χ2v) is 9.17. The number of nitrogens with two attached hydrogens (primary N) is 1. The van der Waals surface area contributed by atoms with E-state index in [0.29, 0.717) is 10.6 Å². The molecule has 1 aromatic carbocycles. The van der Waals surface area contributed by atoms with Crippen molar-refractivity contribution in [3.63, 3.8) is 0 Å². The van der Waals surface area contributed by atoms with Crippen LogP contribution in [0.4, 0.5) is 5.00 Å². The number of ether oxygens (including phenoxy) is 2. The van der Waals surface area contributed by atoms with Gasteiger partial charge < -0.3 is 20.5 Å². The van der Waals surface area contributed by atoms with Gasteiger partial charge in [-0.05, 0) is 68.8 Å². The van der Waals surface area contributed by atoms with Gasteiger partial charge in [0.25, 0.3) is 5.91 Å². The van der Waals surface area contributed by atoms with E-state index >= 15 is 0 Å². The highest BCUT2D eigenvalue weighted by Gasteiger charge is 2.31. The number of carbonyl (C=O) groups excluding carboxylic acids is 2. The number of hydrogen-bond acceptors (Lipinski definition) is 6. The first-order chi connectivity index (χ1) is 15.0. The van der Waals surface area contributed by atoms with Crippen LogP contribution in [-0.4, -0.2) is 44.0 Å². The van der Waals surface area contributed by atoms with Crippen molar-refractivity contribution in [2.75, 3.05) is 32.6 Å². The van der Waals surface area contributed by atoms with Crippen molar-refractivity contribution in [1.29, 1.82) is 0 Å². The van der Waals surface area contributed by atoms with E-state index in [1.807, 2.05) is 18.2 Å². The molecule has 0 spiro atoms. The molecule has 8 heteroatoms. The summed E-state index contributed by atoms with van der Waals surface area (Å²) in [6.07, 6.45) is 5.89. The summed E-state index contributed by atoms with van der Waals surface area (Å²) in [6, 6.07) is 5.83. The van der Waals surface area contributed by atoms with Crippen LogP contribution in [0.1, 0.15) is 58.1 Å². The molecule has 0 radical (unpaired) electrons. The van der Waals surface area contributed by atoms with Crippen LogP contribution in [0.5, 0.6) is 11.5 Å². The van der Waals surface area contributed by atoms with Crippen LogP contribution in [0.3, 0.4) is 0 Å². The lowest BCUT2D eigenvalue weighted by molar-refractivity contribution is -0.117. The summed E-state index contributed by atoms with van der Waals surface area (Å²) in [7, 11) is 3.30. The molecule has 0 saturated carbocycles. The number of benzene rings is 1. The number of fused-ring (bicyclic) bond motifs is 1. The van der Waals surface area contributed by atoms with Gasteiger partial charge in [-0.1, -0.05) is 0 Å². The molecule has 2 aromatic rings. The average Bonchev–Trinajstić information content (AvgIpc) is 3.36. The standard InChI is InChI=1S/C23H29N3O4S/c1-29-14-9-10-18(30-2)16(12-14)17-7-5-11-26(17)13-20(27)25-23-21(22(24)28)15-6-3-4-8-19(15)31-23/h9-10,12,17H,3-8,11,13H2,1-2H3,(H2,24,28)(H,25,27). The topological polar surface area (TPSA) is 93.9 Å². The lowest BCUT2D eigenvalue weighted by Gasteiger charge is -2.26. The largest absolute Gasteiger partial charge is 0.497 e. The van der Waals surface area contributed by atoms with Crippen molar-refractivity contribution in [3.05, 3.63) is 39.8 Å². The molecule has 2 heterocycles. The Morgan fingerprint density at radius 3 is 2.74 bits per heavy atom. The number of anilines is 1. The van der Waals surface area contributed by atoms with Gasteiger partial charge in [0.1, 0.15) is 16.5 Å². The van der Waals surface area contributed by atoms with Gasteiger partial charge in [-0.2, -0.15) is 0 Å². The van der Waals surface area contributed by atoms with E-state index < -0.39 is 5.91 Å². The van der Waals surface area contributed by atoms with Crippen molar-refractivity contribution >= 4 is 28.2 Å². The summed E-state index contributed by atoms with van der Waals surface area (Å²) in [4.78, 5) is 28.4. The number of rotatable bonds is 7. The third kappa shape index (κ3) is 4.41. The number of thiophene rings is 1. The highest BCUT2D eigenvalue weighted by Crippen LogP contribution is 2.40. The van der Waals surface area contributed by atoms with Crippen molar-refractivity contribution in [2.45, 2.75) is 44.6 Å². The lowest BCUT2D eigenvalue weighted by atomic mass is 9.95. The van der Waals surface area contributed by atoms with E-state index in [-0.39, 0.29) is 18.5 Å². The molecule has 4 rings (SSSR count). The summed E-state index contributed by atoms with van der Waals surface area (Å²) in [5.74, 6) is 0.965. The van der Waals surface area contributed by atoms with E-state index in [0.717, 1.165) is 67.7 Å². The third-order valence-electron chi connectivity index (χ3n) is 6.18. The Morgan fingerprint density at radius 2 is 2.00 bits per heavy atom. The van der Waals surface area contributed by atoms with Crippen molar-refractivity contribution in [1.82, 2.24) is 4.90 Å². The van der Waals surface area contributed by atoms with Crippen LogP contribution in [0.15, 0.2) is 18.2 Å². The minimum Gasteiger partial charge on any atom is -0.497 e. The average molecular weight is 444 g/mol. The first-order valence-electron chi connectivity index (χ1n) is 10.7. The lowest BCUT2D eigenvalue weighted by Crippen LogP contribution is -2.33. The van der Waals surface area contributed by atoms with E-state index in [2.05, 4.69) is 10.2 Å². The van der Waals surface area contributed by atoms with E-state index in [1.54, 1.807) is 14.2 Å². The number of nitrogens with one attached hydrogen (secondary N) is 1. The van der Waals surface area contributed by atoms with Gasteiger partial charge in [-0.25, -0.2) is 0 Å². The van der Waals surface area contributed by atoms with Crippen molar-refractivity contribution in [2.24, 2.45) is 5.73 Å². The molecule has 166 valence electrons. The van der Waals surface area contributed by atoms with Gasteiger partial charge in [0.05, 0.1) is 26.3 Å². The number of amides is 2. The van der Waals surface area contributed by atoms with Crippen LogP contribution < -0.4 is 20.5 Å². The zero-order valence-corrected chi connectivity index (χ0v) is 18.8. The highest BCUT2D eigenvalue weighted by atomic mass is 32.1. The first kappa shape index (κ1) is 21.6. The van der Waals surface area contributed by atoms with Gasteiger partial charge in [-0.3, -0.25) is 14.5 Å². The molecule has 0 bridgehead atoms. The summed E-state index contributed by atoms with van der Waals surface area (Å²) >= 11 is 1.50. The number of aryl methyl sites for hydroxylation is 1. The number of nitrogens with zero attached hydrogens (tertiary/aromatic N) is 1. The molecule has 1 fully saturated rings. The predicted octanol–water partition coefficient (Wildman–Crippen LogP) is 3.52. The first-order valence-corrected chi connectivity index (χ1v) is 11.5. The minimum absolute atomic E-state index is 0.0722. The van der Waals surface area contributed by atoms with Crippen LogP contribution in [-0.2, 0) is 17.6 Å². The molecule has 1 atom stereocenters. The Morgan fingerprint density at radius 1 is 1.19 bits per heavy atom. The minimum atomic E-state index is -0.463. The monoisotopic (exact) mass is 443 g/mol. The molecular weight excluding hydrogens is 414 g/mol. The smallest absolute Gasteiger partial charge is 0.251 e. The summed E-state index contributed by atoms with van der Waals surface area (Å²) < 4.78 is 11.0. The second kappa shape index (κ2) is 9.28. The molecule has 1 saturated heterocycles. The number of hydrogen-bond donors (Lipinski definition) is 2. The van der Waals surface area contributed by atoms with Crippen LogP contribution in [0, 0.1) is 0 Å². The number of primary amides is 1. The fourth-order valence-corrected chi connectivity index (χ4v) is 6.04. The number of methoxy groups -OCH3 is 2. The van der Waals surface area contributed by atoms with E-state index in [1.165, 1.54) is 16.2 Å². The zero-order chi connectivity index (χ0) is 22.0. The van der Waals surface area contributed by atoms with Gasteiger partial charge in [0, 0.05) is 16.5 Å². The normalized spacial score (nSPS) is 18.5. The van der Waals surface area contributed by atoms with Crippen molar-refractivity contribution in [3.8, 4) is 11.5 Å². The Bertz CT molecular complexity index is 987. The summed E-state index contributed by atoms with van der Waals surface area (Å²) in [5.41, 5.74) is 8.21. The van der Waals surface area contributed by atoms with Gasteiger partial charge in [-0.15, -0.1) is 11.3 Å². The molecule has 31 heavy (non-hydrogen) atoms. The quantitative estimate of drug-likeness (QED) is 0.683. The fraction of sp³-hybridized carbons (Fsp3) is 0.478. The molecule has 1 aromatic heterocycles. The maximum Gasteiger partial charge on any atom is 0.251 e. The Hall–Kier alpha value is -2.58. The summed E-state index contributed by atoms with van der Waals surface area (Å²) in [5, 5.41) is 3.58. The molecule has 1 aliphatic carbocycles. The van der Waals surface area contributed by atoms with Crippen LogP contribution in [0.2, 0.25) is 0 Å². The molecule has 1 aliphatic heterocycles. The predicted molar refractivity (Wildman–Crippen MR) is 121 cm³/mol. The van der Waals surface area contributed by atoms with E-state index in [4.69, 9.17) is 15.2 Å². The number of carbonyl (C=O) groups is 2. The molecule has 7 nitrogen and oxygen atoms in total. The van der Waals surface area contributed by atoms with Gasteiger partial charge in [0.15, 0.2) is 0 Å². The zero-order valence-electron chi connectivity index (χ0n) is 18.0. The fourth-order valence-electron chi connectivity index (χ4n) is 4.73. The number of likely N-dealkylation sites (tertiary alicyclic amines) is 1. The molecule has 2 aliphatic rings. The third-order valence-corrected chi connectivity index (χ3v) is 7.38. The molecular formula is C23H29N3O4S. The Balaban J connectivity index is 1.52. The molecule has 3 N–H and O–H groups in total. The Labute approximate surface area is 186 Å². The summed E-state index contributed by atoms with van der Waals surface area (Å²) in [6.45, 7) is 1.06. The van der Waals surface area contributed by atoms with Gasteiger partial charge >= 0.3 is 0 Å². The maximum absolute atomic E-state index is 13.0. The van der Waals surface area contributed by atoms with Gasteiger partial charge in [0.2, 0.25) is 5.91 Å². The maximum atomic E-state index is 13.0. The van der Waals surface area contributed by atoms with E-state index in [9.17, 15) is 9.59 Å². The van der Waals surface area contributed by atoms with Crippen LogP contribution in [0.25, 0.3) is 0 Å².